The number of benzene rings is 1. The molecule has 7 nitrogen and oxygen atoms in total. The van der Waals surface area contributed by atoms with Crippen molar-refractivity contribution >= 4 is 49.9 Å². The second kappa shape index (κ2) is 9.70. The lowest BCUT2D eigenvalue weighted by Gasteiger charge is -2.06. The molecule has 24 heavy (non-hydrogen) atoms. The fraction of sp³-hybridized carbons (Fsp3) is 0.357. The molecule has 0 unspecified atom stereocenters. The van der Waals surface area contributed by atoms with Crippen molar-refractivity contribution in [1.82, 2.24) is 0 Å². The summed E-state index contributed by atoms with van der Waals surface area (Å²) in [6.07, 6.45) is 0. The molecule has 0 saturated carbocycles. The first-order chi connectivity index (χ1) is 11.3. The summed E-state index contributed by atoms with van der Waals surface area (Å²) in [5.74, 6) is -1.29. The van der Waals surface area contributed by atoms with Crippen LogP contribution in [0.3, 0.4) is 0 Å². The summed E-state index contributed by atoms with van der Waals surface area (Å²) in [5.41, 5.74) is 0.915. The number of thioether (sulfide) groups is 2. The molecule has 0 aliphatic rings. The quantitative estimate of drug-likeness (QED) is 0.412. The maximum absolute atomic E-state index is 12.3. The van der Waals surface area contributed by atoms with E-state index in [0.717, 1.165) is 29.1 Å². The van der Waals surface area contributed by atoms with Crippen molar-refractivity contribution in [2.45, 2.75) is 11.8 Å². The zero-order valence-electron chi connectivity index (χ0n) is 13.3. The van der Waals surface area contributed by atoms with Crippen molar-refractivity contribution in [1.29, 1.82) is 0 Å². The Morgan fingerprint density at radius 2 is 1.46 bits per heavy atom. The van der Waals surface area contributed by atoms with Crippen molar-refractivity contribution in [3.05, 3.63) is 29.8 Å². The molecular weight excluding hydrogens is 374 g/mol. The Kier molecular flexibility index (Phi) is 8.29. The van der Waals surface area contributed by atoms with Gasteiger partial charge in [-0.3, -0.25) is 9.59 Å². The van der Waals surface area contributed by atoms with Crippen LogP contribution in [0.15, 0.2) is 33.6 Å². The Balaban J connectivity index is 3.00. The lowest BCUT2D eigenvalue weighted by molar-refractivity contribution is -0.138. The number of nitrogens with zero attached hydrogens (tertiary/aromatic N) is 1. The standard InChI is InChI=1S/C14H17NO6S3/c1-10-4-6-11(7-5-10)24(18,19)15-14(22-8-12(16)20-2)23-9-13(17)21-3/h4-7H,8-9H2,1-3H3. The zero-order valence-corrected chi connectivity index (χ0v) is 15.8. The molecule has 0 fully saturated rings. The van der Waals surface area contributed by atoms with Crippen molar-refractivity contribution in [3.63, 3.8) is 0 Å². The van der Waals surface area contributed by atoms with Gasteiger partial charge in [0.2, 0.25) is 0 Å². The van der Waals surface area contributed by atoms with E-state index in [4.69, 9.17) is 0 Å². The molecule has 0 aromatic heterocycles. The molecule has 0 saturated heterocycles. The van der Waals surface area contributed by atoms with Gasteiger partial charge in [-0.25, -0.2) is 0 Å². The molecule has 0 spiro atoms. The van der Waals surface area contributed by atoms with E-state index in [9.17, 15) is 18.0 Å². The van der Waals surface area contributed by atoms with Gasteiger partial charge in [-0.2, -0.15) is 8.42 Å². The van der Waals surface area contributed by atoms with E-state index in [1.807, 2.05) is 6.92 Å². The van der Waals surface area contributed by atoms with Gasteiger partial charge in [0.15, 0.2) is 0 Å². The average Bonchev–Trinajstić information content (AvgIpc) is 2.56. The molecule has 0 heterocycles. The molecule has 0 radical (unpaired) electrons. The molecule has 0 atom stereocenters. The van der Waals surface area contributed by atoms with E-state index in [1.165, 1.54) is 26.4 Å². The van der Waals surface area contributed by atoms with Crippen molar-refractivity contribution < 1.29 is 27.5 Å². The number of rotatable bonds is 6. The lowest BCUT2D eigenvalue weighted by atomic mass is 10.2. The summed E-state index contributed by atoms with van der Waals surface area (Å²) in [5, 5.41) is 0. The van der Waals surface area contributed by atoms with Gasteiger partial charge < -0.3 is 9.47 Å². The van der Waals surface area contributed by atoms with E-state index in [-0.39, 0.29) is 20.8 Å². The minimum absolute atomic E-state index is 0.0305. The Labute approximate surface area is 149 Å². The molecule has 0 aliphatic carbocycles. The fourth-order valence-electron chi connectivity index (χ4n) is 1.31. The van der Waals surface area contributed by atoms with Crippen LogP contribution in [0, 0.1) is 6.92 Å². The summed E-state index contributed by atoms with van der Waals surface area (Å²) >= 11 is 1.77. The Bertz CT molecular complexity index is 691. The van der Waals surface area contributed by atoms with Crippen LogP contribution < -0.4 is 0 Å². The molecule has 132 valence electrons. The van der Waals surface area contributed by atoms with Crippen LogP contribution in [-0.4, -0.2) is 50.5 Å². The van der Waals surface area contributed by atoms with Gasteiger partial charge >= 0.3 is 11.9 Å². The van der Waals surface area contributed by atoms with Crippen LogP contribution in [0.5, 0.6) is 0 Å². The highest BCUT2D eigenvalue weighted by Crippen LogP contribution is 2.22. The van der Waals surface area contributed by atoms with E-state index in [1.54, 1.807) is 12.1 Å². The Morgan fingerprint density at radius 3 is 1.88 bits per heavy atom. The molecule has 0 amide bonds. The maximum atomic E-state index is 12.3. The Morgan fingerprint density at radius 1 is 1.00 bits per heavy atom. The van der Waals surface area contributed by atoms with E-state index in [2.05, 4.69) is 13.9 Å². The van der Waals surface area contributed by atoms with Gasteiger partial charge in [0, 0.05) is 0 Å². The Hall–Kier alpha value is -1.52. The van der Waals surface area contributed by atoms with E-state index >= 15 is 0 Å². The van der Waals surface area contributed by atoms with Gasteiger partial charge in [-0.15, -0.1) is 4.40 Å². The SMILES string of the molecule is COC(=O)CSC(=NS(=O)(=O)c1ccc(C)cc1)SCC(=O)OC. The number of carbonyl (C=O) groups excluding carboxylic acids is 2. The summed E-state index contributed by atoms with van der Waals surface area (Å²) < 4.78 is 37.5. The summed E-state index contributed by atoms with van der Waals surface area (Å²) in [7, 11) is -1.49. The lowest BCUT2D eigenvalue weighted by Crippen LogP contribution is -2.09. The highest BCUT2D eigenvalue weighted by Gasteiger charge is 2.17. The highest BCUT2D eigenvalue weighted by atomic mass is 32.2. The monoisotopic (exact) mass is 391 g/mol. The number of methoxy groups -OCH3 is 2. The maximum Gasteiger partial charge on any atom is 0.316 e. The smallest absolute Gasteiger partial charge is 0.316 e. The molecule has 10 heteroatoms. The van der Waals surface area contributed by atoms with Crippen LogP contribution in [0.2, 0.25) is 0 Å². The second-order valence-corrected chi connectivity index (χ2v) is 8.17. The zero-order chi connectivity index (χ0) is 18.2. The summed E-state index contributed by atoms with van der Waals surface area (Å²) in [6, 6.07) is 6.21. The average molecular weight is 391 g/mol. The van der Waals surface area contributed by atoms with Crippen LogP contribution in [0.4, 0.5) is 0 Å². The molecule has 1 aromatic carbocycles. The third-order valence-electron chi connectivity index (χ3n) is 2.60. The van der Waals surface area contributed by atoms with Crippen LogP contribution in [-0.2, 0) is 29.1 Å². The topological polar surface area (TPSA) is 99.1 Å². The van der Waals surface area contributed by atoms with Gasteiger partial charge in [-0.1, -0.05) is 41.2 Å². The summed E-state index contributed by atoms with van der Waals surface area (Å²) in [6.45, 7) is 1.84. The third-order valence-corrected chi connectivity index (χ3v) is 6.26. The number of aryl methyl sites for hydroxylation is 1. The molecule has 1 aromatic rings. The molecular formula is C14H17NO6S3. The summed E-state index contributed by atoms with van der Waals surface area (Å²) in [4.78, 5) is 22.5. The minimum Gasteiger partial charge on any atom is -0.468 e. The third kappa shape index (κ3) is 6.93. The number of sulfonamides is 1. The fourth-order valence-corrected chi connectivity index (χ4v) is 4.51. The highest BCUT2D eigenvalue weighted by molar-refractivity contribution is 8.39. The predicted octanol–water partition coefficient (Wildman–Crippen LogP) is 1.85. The van der Waals surface area contributed by atoms with Gasteiger partial charge in [0.05, 0.1) is 30.6 Å². The van der Waals surface area contributed by atoms with Crippen molar-refractivity contribution in [3.8, 4) is 0 Å². The van der Waals surface area contributed by atoms with Crippen molar-refractivity contribution in [2.24, 2.45) is 4.40 Å². The number of hydrogen-bond donors (Lipinski definition) is 0. The van der Waals surface area contributed by atoms with Crippen LogP contribution in [0.1, 0.15) is 5.56 Å². The van der Waals surface area contributed by atoms with Gasteiger partial charge in [0.1, 0.15) is 4.38 Å². The van der Waals surface area contributed by atoms with Gasteiger partial charge in [-0.05, 0) is 19.1 Å². The first-order valence-corrected chi connectivity index (χ1v) is 10.0. The van der Waals surface area contributed by atoms with Gasteiger partial charge in [0.25, 0.3) is 10.0 Å². The van der Waals surface area contributed by atoms with Crippen molar-refractivity contribution in [2.75, 3.05) is 25.7 Å². The van der Waals surface area contributed by atoms with E-state index < -0.39 is 22.0 Å². The predicted molar refractivity (Wildman–Crippen MR) is 94.7 cm³/mol. The number of carbonyl (C=O) groups is 2. The first kappa shape index (κ1) is 20.5. The molecule has 0 aliphatic heterocycles. The molecule has 1 rings (SSSR count). The first-order valence-electron chi connectivity index (χ1n) is 6.59. The number of esters is 2. The van der Waals surface area contributed by atoms with Crippen LogP contribution >= 0.6 is 23.5 Å². The van der Waals surface area contributed by atoms with Crippen LogP contribution in [0.25, 0.3) is 0 Å². The van der Waals surface area contributed by atoms with E-state index in [0.29, 0.717) is 0 Å². The largest absolute Gasteiger partial charge is 0.468 e. The minimum atomic E-state index is -3.94. The second-order valence-electron chi connectivity index (χ2n) is 4.37. The number of hydrogen-bond acceptors (Lipinski definition) is 8. The normalized spacial score (nSPS) is 10.8. The molecule has 0 bridgehead atoms. The molecule has 0 N–H and O–H groups in total. The number of ether oxygens (including phenoxy) is 2.